The predicted octanol–water partition coefficient (Wildman–Crippen LogP) is 3.61. The van der Waals surface area contributed by atoms with Crippen LogP contribution in [0.4, 0.5) is 5.95 Å². The smallest absolute Gasteiger partial charge is 0.268 e. The molecule has 1 amide bonds. The number of anilines is 1. The van der Waals surface area contributed by atoms with Gasteiger partial charge in [0.15, 0.2) is 0 Å². The van der Waals surface area contributed by atoms with Crippen molar-refractivity contribution < 1.29 is 9.53 Å². The lowest BCUT2D eigenvalue weighted by Crippen LogP contribution is -2.31. The third-order valence-electron chi connectivity index (χ3n) is 5.50. The van der Waals surface area contributed by atoms with Gasteiger partial charge in [0, 0.05) is 32.4 Å². The molecule has 4 rings (SSSR count). The van der Waals surface area contributed by atoms with Crippen molar-refractivity contribution >= 4 is 23.4 Å². The lowest BCUT2D eigenvalue weighted by molar-refractivity contribution is 0.0737. The molecular weight excluding hydrogens is 412 g/mol. The van der Waals surface area contributed by atoms with Crippen LogP contribution in [-0.2, 0) is 6.42 Å². The molecule has 1 aliphatic rings. The highest BCUT2D eigenvalue weighted by molar-refractivity contribution is 7.08. The first-order chi connectivity index (χ1) is 15.0. The molecule has 31 heavy (non-hydrogen) atoms. The van der Waals surface area contributed by atoms with Gasteiger partial charge in [0.05, 0.1) is 24.5 Å². The van der Waals surface area contributed by atoms with Crippen LogP contribution in [-0.4, -0.2) is 58.1 Å². The van der Waals surface area contributed by atoms with Crippen LogP contribution >= 0.6 is 11.5 Å². The number of aryl methyl sites for hydroxylation is 1. The summed E-state index contributed by atoms with van der Waals surface area (Å²) in [4.78, 5) is 27.3. The summed E-state index contributed by atoms with van der Waals surface area (Å²) in [5.74, 6) is 1.37. The van der Waals surface area contributed by atoms with E-state index >= 15 is 0 Å². The summed E-state index contributed by atoms with van der Waals surface area (Å²) in [6, 6.07) is 7.71. The van der Waals surface area contributed by atoms with E-state index in [1.807, 2.05) is 61.3 Å². The van der Waals surface area contributed by atoms with E-state index in [2.05, 4.69) is 14.6 Å². The molecule has 8 nitrogen and oxygen atoms in total. The molecule has 1 aromatic carbocycles. The van der Waals surface area contributed by atoms with Crippen LogP contribution in [0.25, 0.3) is 11.1 Å². The number of hydrogen-bond donors (Lipinski definition) is 0. The molecule has 0 spiro atoms. The van der Waals surface area contributed by atoms with Crippen molar-refractivity contribution in [1.82, 2.24) is 24.5 Å². The number of amides is 1. The number of likely N-dealkylation sites (tertiary alicyclic amines) is 1. The molecule has 1 unspecified atom stereocenters. The van der Waals surface area contributed by atoms with Crippen molar-refractivity contribution in [2.45, 2.75) is 32.2 Å². The summed E-state index contributed by atoms with van der Waals surface area (Å²) < 4.78 is 9.41. The van der Waals surface area contributed by atoms with Gasteiger partial charge >= 0.3 is 0 Å². The van der Waals surface area contributed by atoms with Crippen LogP contribution in [0.1, 0.15) is 46.9 Å². The maximum absolute atomic E-state index is 13.4. The number of rotatable bonds is 6. The summed E-state index contributed by atoms with van der Waals surface area (Å²) in [5, 5.41) is 4.12. The second-order valence-electron chi connectivity index (χ2n) is 7.65. The Morgan fingerprint density at radius 2 is 2.19 bits per heavy atom. The van der Waals surface area contributed by atoms with Gasteiger partial charge in [0.2, 0.25) is 5.95 Å². The van der Waals surface area contributed by atoms with Gasteiger partial charge < -0.3 is 14.5 Å². The molecule has 0 bridgehead atoms. The Morgan fingerprint density at radius 1 is 1.35 bits per heavy atom. The summed E-state index contributed by atoms with van der Waals surface area (Å²) in [7, 11) is 5.48. The highest BCUT2D eigenvalue weighted by Crippen LogP contribution is 2.39. The lowest BCUT2D eigenvalue weighted by atomic mass is 9.99. The predicted molar refractivity (Wildman–Crippen MR) is 121 cm³/mol. The number of methoxy groups -OCH3 is 1. The van der Waals surface area contributed by atoms with Crippen LogP contribution in [0, 0.1) is 0 Å². The Labute approximate surface area is 186 Å². The normalized spacial score (nSPS) is 15.9. The average Bonchev–Trinajstić information content (AvgIpc) is 3.47. The zero-order valence-corrected chi connectivity index (χ0v) is 19.0. The van der Waals surface area contributed by atoms with Crippen molar-refractivity contribution in [3.8, 4) is 16.9 Å². The van der Waals surface area contributed by atoms with Gasteiger partial charge in [-0.05, 0) is 48.5 Å². The number of benzene rings is 1. The first-order valence-corrected chi connectivity index (χ1v) is 11.1. The molecule has 0 N–H and O–H groups in total. The number of aromatic nitrogens is 4. The Morgan fingerprint density at radius 3 is 2.94 bits per heavy atom. The fourth-order valence-corrected chi connectivity index (χ4v) is 4.60. The quantitative estimate of drug-likeness (QED) is 0.581. The van der Waals surface area contributed by atoms with Gasteiger partial charge in [0.25, 0.3) is 5.91 Å². The topological polar surface area (TPSA) is 84.3 Å². The van der Waals surface area contributed by atoms with Gasteiger partial charge in [-0.3, -0.25) is 4.79 Å². The Bertz CT molecular complexity index is 1080. The maximum atomic E-state index is 13.4. The second-order valence-corrected chi connectivity index (χ2v) is 8.41. The highest BCUT2D eigenvalue weighted by Gasteiger charge is 2.35. The van der Waals surface area contributed by atoms with E-state index in [4.69, 9.17) is 9.72 Å². The van der Waals surface area contributed by atoms with E-state index in [9.17, 15) is 4.79 Å². The molecule has 3 heterocycles. The Balaban J connectivity index is 1.79. The second kappa shape index (κ2) is 8.97. The first-order valence-electron chi connectivity index (χ1n) is 10.3. The van der Waals surface area contributed by atoms with Crippen molar-refractivity contribution in [2.75, 3.05) is 32.6 Å². The molecule has 1 atom stereocenters. The van der Waals surface area contributed by atoms with Crippen LogP contribution in [0.2, 0.25) is 0 Å². The SMILES string of the molecule is CCc1nnsc1C(=O)N1CCCC1c1nc(N(C)C)ncc1-c1cccc(OC)c1. The molecular formula is C22H26N6O2S. The van der Waals surface area contributed by atoms with Crippen molar-refractivity contribution in [3.63, 3.8) is 0 Å². The van der Waals surface area contributed by atoms with E-state index in [1.165, 1.54) is 11.5 Å². The van der Waals surface area contributed by atoms with E-state index in [1.54, 1.807) is 7.11 Å². The number of nitrogens with zero attached hydrogens (tertiary/aromatic N) is 6. The number of carbonyl (C=O) groups is 1. The number of hydrogen-bond acceptors (Lipinski definition) is 8. The van der Waals surface area contributed by atoms with Crippen molar-refractivity contribution in [1.29, 1.82) is 0 Å². The summed E-state index contributed by atoms with van der Waals surface area (Å²) in [6.07, 6.45) is 4.30. The largest absolute Gasteiger partial charge is 0.497 e. The van der Waals surface area contributed by atoms with Gasteiger partial charge in [0.1, 0.15) is 10.6 Å². The van der Waals surface area contributed by atoms with Crippen LogP contribution in [0.15, 0.2) is 30.5 Å². The summed E-state index contributed by atoms with van der Waals surface area (Å²) >= 11 is 1.17. The van der Waals surface area contributed by atoms with E-state index < -0.39 is 0 Å². The highest BCUT2D eigenvalue weighted by atomic mass is 32.1. The fraction of sp³-hybridized carbons (Fsp3) is 0.409. The molecule has 0 saturated carbocycles. The molecule has 9 heteroatoms. The minimum absolute atomic E-state index is 0.0176. The summed E-state index contributed by atoms with van der Waals surface area (Å²) in [6.45, 7) is 2.67. The van der Waals surface area contributed by atoms with E-state index in [0.717, 1.165) is 41.1 Å². The van der Waals surface area contributed by atoms with Gasteiger partial charge in [-0.25, -0.2) is 9.97 Å². The molecule has 2 aromatic heterocycles. The van der Waals surface area contributed by atoms with Crippen LogP contribution in [0.5, 0.6) is 5.75 Å². The maximum Gasteiger partial charge on any atom is 0.268 e. The minimum atomic E-state index is -0.137. The van der Waals surface area contributed by atoms with Crippen molar-refractivity contribution in [2.24, 2.45) is 0 Å². The Hall–Kier alpha value is -3.07. The molecule has 3 aromatic rings. The van der Waals surface area contributed by atoms with E-state index in [-0.39, 0.29) is 11.9 Å². The number of ether oxygens (including phenoxy) is 1. The fourth-order valence-electron chi connectivity index (χ4n) is 3.89. The average molecular weight is 439 g/mol. The monoisotopic (exact) mass is 438 g/mol. The molecule has 1 aliphatic heterocycles. The molecule has 0 radical (unpaired) electrons. The summed E-state index contributed by atoms with van der Waals surface area (Å²) in [5.41, 5.74) is 3.48. The zero-order valence-electron chi connectivity index (χ0n) is 18.2. The van der Waals surface area contributed by atoms with Crippen molar-refractivity contribution in [3.05, 3.63) is 46.7 Å². The third kappa shape index (κ3) is 4.10. The minimum Gasteiger partial charge on any atom is -0.497 e. The first kappa shape index (κ1) is 21.2. The number of carbonyl (C=O) groups excluding carboxylic acids is 1. The van der Waals surface area contributed by atoms with Crippen LogP contribution in [0.3, 0.4) is 0 Å². The van der Waals surface area contributed by atoms with Crippen LogP contribution < -0.4 is 9.64 Å². The zero-order chi connectivity index (χ0) is 22.0. The third-order valence-corrected chi connectivity index (χ3v) is 6.26. The van der Waals surface area contributed by atoms with E-state index in [0.29, 0.717) is 23.8 Å². The standard InChI is InChI=1S/C22H26N6O2S/c1-5-17-20(31-26-25-17)21(29)28-11-7-10-18(28)19-16(13-23-22(24-19)27(2)3)14-8-6-9-15(12-14)30-4/h6,8-9,12-13,18H,5,7,10-11H2,1-4H3. The molecule has 162 valence electrons. The lowest BCUT2D eigenvalue weighted by Gasteiger charge is -2.26. The van der Waals surface area contributed by atoms with Gasteiger partial charge in [-0.1, -0.05) is 23.5 Å². The van der Waals surface area contributed by atoms with Gasteiger partial charge in [-0.15, -0.1) is 5.10 Å². The molecule has 1 saturated heterocycles. The Kier molecular flexibility index (Phi) is 6.13. The van der Waals surface area contributed by atoms with Gasteiger partial charge in [-0.2, -0.15) is 0 Å². The molecule has 0 aliphatic carbocycles. The molecule has 1 fully saturated rings.